The lowest BCUT2D eigenvalue weighted by Crippen LogP contribution is -2.24. The Morgan fingerprint density at radius 3 is 2.92 bits per heavy atom. The Bertz CT molecular complexity index is 968. The molecule has 3 aromatic rings. The van der Waals surface area contributed by atoms with Crippen molar-refractivity contribution >= 4 is 38.6 Å². The van der Waals surface area contributed by atoms with Gasteiger partial charge in [-0.2, -0.15) is 0 Å². The number of aromatic nitrogens is 3. The average molecular weight is 387 g/mol. The van der Waals surface area contributed by atoms with E-state index in [2.05, 4.69) is 31.2 Å². The van der Waals surface area contributed by atoms with Gasteiger partial charge in [-0.25, -0.2) is 9.97 Å². The summed E-state index contributed by atoms with van der Waals surface area (Å²) < 4.78 is 2.26. The molecule has 3 rings (SSSR count). The lowest BCUT2D eigenvalue weighted by Gasteiger charge is -2.08. The highest BCUT2D eigenvalue weighted by molar-refractivity contribution is 9.10. The van der Waals surface area contributed by atoms with E-state index in [1.807, 2.05) is 25.1 Å². The summed E-state index contributed by atoms with van der Waals surface area (Å²) in [7, 11) is 0. The van der Waals surface area contributed by atoms with Gasteiger partial charge in [0.05, 0.1) is 17.2 Å². The molecule has 7 heteroatoms. The molecule has 0 aliphatic rings. The van der Waals surface area contributed by atoms with Crippen LogP contribution >= 0.6 is 15.9 Å². The Morgan fingerprint density at radius 2 is 2.12 bits per heavy atom. The summed E-state index contributed by atoms with van der Waals surface area (Å²) in [5.74, 6) is 0.341. The van der Waals surface area contributed by atoms with E-state index in [1.165, 1.54) is 10.9 Å². The van der Waals surface area contributed by atoms with Crippen LogP contribution < -0.4 is 10.9 Å². The van der Waals surface area contributed by atoms with Crippen LogP contribution in [0.5, 0.6) is 0 Å². The van der Waals surface area contributed by atoms with Gasteiger partial charge in [-0.05, 0) is 36.8 Å². The molecule has 0 saturated carbocycles. The first kappa shape index (κ1) is 16.3. The van der Waals surface area contributed by atoms with Crippen LogP contribution in [0.25, 0.3) is 10.9 Å². The molecule has 1 aromatic carbocycles. The molecule has 0 bridgehead atoms. The van der Waals surface area contributed by atoms with Crippen molar-refractivity contribution in [1.82, 2.24) is 14.5 Å². The highest BCUT2D eigenvalue weighted by Crippen LogP contribution is 2.15. The molecule has 0 saturated heterocycles. The largest absolute Gasteiger partial charge is 0.310 e. The first-order valence-electron chi connectivity index (χ1n) is 7.41. The number of nitrogens with one attached hydrogen (secondary N) is 1. The maximum atomic E-state index is 12.5. The van der Waals surface area contributed by atoms with Gasteiger partial charge in [-0.15, -0.1) is 0 Å². The summed E-state index contributed by atoms with van der Waals surface area (Å²) in [6, 6.07) is 9.03. The van der Waals surface area contributed by atoms with Crippen LogP contribution in [0, 0.1) is 6.92 Å². The third-order valence-electron chi connectivity index (χ3n) is 3.63. The number of carbonyl (C=O) groups excluding carboxylic acids is 1. The van der Waals surface area contributed by atoms with Crippen molar-refractivity contribution in [3.63, 3.8) is 0 Å². The van der Waals surface area contributed by atoms with Crippen molar-refractivity contribution in [2.24, 2.45) is 0 Å². The number of amides is 1. The SMILES string of the molecule is Cc1cccnc1NC(=O)CCn1cnc2ccc(Br)cc2c1=O. The van der Waals surface area contributed by atoms with Crippen LogP contribution in [0.3, 0.4) is 0 Å². The van der Waals surface area contributed by atoms with Crippen LogP contribution in [0.1, 0.15) is 12.0 Å². The van der Waals surface area contributed by atoms with Crippen LogP contribution in [0.4, 0.5) is 5.82 Å². The number of rotatable bonds is 4. The molecule has 1 amide bonds. The predicted octanol–water partition coefficient (Wildman–Crippen LogP) is 2.89. The predicted molar refractivity (Wildman–Crippen MR) is 95.9 cm³/mol. The third-order valence-corrected chi connectivity index (χ3v) is 4.13. The number of hydrogen-bond acceptors (Lipinski definition) is 4. The second kappa shape index (κ2) is 6.92. The van der Waals surface area contributed by atoms with E-state index in [0.717, 1.165) is 10.0 Å². The van der Waals surface area contributed by atoms with Crippen LogP contribution in [-0.4, -0.2) is 20.4 Å². The summed E-state index contributed by atoms with van der Waals surface area (Å²) in [6.07, 6.45) is 3.26. The molecule has 0 radical (unpaired) electrons. The highest BCUT2D eigenvalue weighted by atomic mass is 79.9. The number of nitrogens with zero attached hydrogens (tertiary/aromatic N) is 3. The van der Waals surface area contributed by atoms with Gasteiger partial charge < -0.3 is 5.32 Å². The Hall–Kier alpha value is -2.54. The zero-order valence-electron chi connectivity index (χ0n) is 13.0. The standard InChI is InChI=1S/C17H15BrN4O2/c1-11-3-2-7-19-16(11)21-15(23)6-8-22-10-20-14-5-4-12(18)9-13(14)17(22)24/h2-5,7,9-10H,6,8H2,1H3,(H,19,21,23). The second-order valence-corrected chi connectivity index (χ2v) is 6.29. The molecule has 0 atom stereocenters. The zero-order chi connectivity index (χ0) is 17.1. The highest BCUT2D eigenvalue weighted by Gasteiger charge is 2.09. The van der Waals surface area contributed by atoms with Gasteiger partial charge in [0, 0.05) is 23.6 Å². The number of anilines is 1. The van der Waals surface area contributed by atoms with Crippen LogP contribution in [0.15, 0.2) is 52.1 Å². The van der Waals surface area contributed by atoms with Crippen molar-refractivity contribution in [2.45, 2.75) is 19.9 Å². The first-order chi connectivity index (χ1) is 11.5. The summed E-state index contributed by atoms with van der Waals surface area (Å²) >= 11 is 3.35. The van der Waals surface area contributed by atoms with Crippen molar-refractivity contribution in [3.05, 3.63) is 63.2 Å². The van der Waals surface area contributed by atoms with Gasteiger partial charge in [-0.3, -0.25) is 14.2 Å². The molecule has 2 aromatic heterocycles. The Morgan fingerprint density at radius 1 is 1.29 bits per heavy atom. The van der Waals surface area contributed by atoms with Crippen molar-refractivity contribution in [3.8, 4) is 0 Å². The van der Waals surface area contributed by atoms with E-state index in [-0.39, 0.29) is 24.4 Å². The van der Waals surface area contributed by atoms with Gasteiger partial charge in [-0.1, -0.05) is 22.0 Å². The molecule has 6 nitrogen and oxygen atoms in total. The average Bonchev–Trinajstić information content (AvgIpc) is 2.57. The maximum absolute atomic E-state index is 12.5. The summed E-state index contributed by atoms with van der Waals surface area (Å²) in [5.41, 5.74) is 1.36. The number of hydrogen-bond donors (Lipinski definition) is 1. The zero-order valence-corrected chi connectivity index (χ0v) is 14.6. The van der Waals surface area contributed by atoms with Gasteiger partial charge in [0.25, 0.3) is 5.56 Å². The lowest BCUT2D eigenvalue weighted by molar-refractivity contribution is -0.116. The fourth-order valence-electron chi connectivity index (χ4n) is 2.32. The topological polar surface area (TPSA) is 76.9 Å². The molecule has 0 fully saturated rings. The molecule has 0 spiro atoms. The second-order valence-electron chi connectivity index (χ2n) is 5.37. The fourth-order valence-corrected chi connectivity index (χ4v) is 2.68. The quantitative estimate of drug-likeness (QED) is 0.747. The normalized spacial score (nSPS) is 10.8. The first-order valence-corrected chi connectivity index (χ1v) is 8.20. The lowest BCUT2D eigenvalue weighted by atomic mass is 10.2. The molecule has 0 aliphatic heterocycles. The molecule has 2 heterocycles. The molecule has 0 unspecified atom stereocenters. The maximum Gasteiger partial charge on any atom is 0.261 e. The monoisotopic (exact) mass is 386 g/mol. The van der Waals surface area contributed by atoms with E-state index in [4.69, 9.17) is 0 Å². The minimum atomic E-state index is -0.196. The number of aryl methyl sites for hydroxylation is 2. The van der Waals surface area contributed by atoms with Gasteiger partial charge in [0.2, 0.25) is 5.91 Å². The van der Waals surface area contributed by atoms with Crippen LogP contribution in [0.2, 0.25) is 0 Å². The van der Waals surface area contributed by atoms with Gasteiger partial charge >= 0.3 is 0 Å². The Kier molecular flexibility index (Phi) is 4.71. The number of carbonyl (C=O) groups is 1. The fraction of sp³-hybridized carbons (Fsp3) is 0.176. The van der Waals surface area contributed by atoms with E-state index in [9.17, 15) is 9.59 Å². The minimum Gasteiger partial charge on any atom is -0.310 e. The molecular weight excluding hydrogens is 372 g/mol. The minimum absolute atomic E-state index is 0.164. The third kappa shape index (κ3) is 3.51. The number of pyridine rings is 1. The Labute approximate surface area is 146 Å². The molecule has 0 aliphatic carbocycles. The van der Waals surface area contributed by atoms with Crippen molar-refractivity contribution in [2.75, 3.05) is 5.32 Å². The number of benzene rings is 1. The smallest absolute Gasteiger partial charge is 0.261 e. The number of halogens is 1. The van der Waals surface area contributed by atoms with Crippen molar-refractivity contribution in [1.29, 1.82) is 0 Å². The summed E-state index contributed by atoms with van der Waals surface area (Å²) in [5, 5.41) is 3.27. The van der Waals surface area contributed by atoms with E-state index in [1.54, 1.807) is 18.3 Å². The van der Waals surface area contributed by atoms with Crippen LogP contribution in [-0.2, 0) is 11.3 Å². The molecular formula is C17H15BrN4O2. The summed E-state index contributed by atoms with van der Waals surface area (Å²) in [6.45, 7) is 2.13. The van der Waals surface area contributed by atoms with Gasteiger partial charge in [0.15, 0.2) is 0 Å². The molecule has 24 heavy (non-hydrogen) atoms. The van der Waals surface area contributed by atoms with Gasteiger partial charge in [0.1, 0.15) is 5.82 Å². The van der Waals surface area contributed by atoms with E-state index >= 15 is 0 Å². The van der Waals surface area contributed by atoms with E-state index in [0.29, 0.717) is 16.7 Å². The van der Waals surface area contributed by atoms with Crippen molar-refractivity contribution < 1.29 is 4.79 Å². The molecule has 1 N–H and O–H groups in total. The van der Waals surface area contributed by atoms with E-state index < -0.39 is 0 Å². The molecule has 122 valence electrons. The summed E-state index contributed by atoms with van der Waals surface area (Å²) in [4.78, 5) is 32.9. The number of fused-ring (bicyclic) bond motifs is 1. The Balaban J connectivity index is 1.74.